The molecule has 20 heavy (non-hydrogen) atoms. The highest BCUT2D eigenvalue weighted by Crippen LogP contribution is 2.56. The molecule has 0 atom stereocenters. The fourth-order valence-corrected chi connectivity index (χ4v) is 5.04. The third-order valence-electron chi connectivity index (χ3n) is 5.30. The molecule has 4 bridgehead atoms. The molecule has 0 aliphatic heterocycles. The Labute approximate surface area is 117 Å². The minimum Gasteiger partial charge on any atom is -0.362 e. The summed E-state index contributed by atoms with van der Waals surface area (Å²) in [6, 6.07) is 0. The van der Waals surface area contributed by atoms with Crippen LogP contribution in [0.1, 0.15) is 38.5 Å². The number of anilines is 2. The van der Waals surface area contributed by atoms with Gasteiger partial charge in [-0.3, -0.25) is 5.43 Å². The Morgan fingerprint density at radius 1 is 1.15 bits per heavy atom. The van der Waals surface area contributed by atoms with Gasteiger partial charge in [-0.1, -0.05) is 0 Å². The molecule has 4 aliphatic carbocycles. The maximum atomic E-state index is 13.9. The summed E-state index contributed by atoms with van der Waals surface area (Å²) in [5.41, 5.74) is 2.41. The summed E-state index contributed by atoms with van der Waals surface area (Å²) in [7, 11) is 0. The zero-order chi connectivity index (χ0) is 13.7. The Morgan fingerprint density at radius 3 is 2.30 bits per heavy atom. The lowest BCUT2D eigenvalue weighted by Gasteiger charge is -2.57. The molecule has 5 nitrogen and oxygen atoms in total. The number of rotatable bonds is 3. The van der Waals surface area contributed by atoms with Crippen LogP contribution in [0, 0.1) is 23.6 Å². The predicted molar refractivity (Wildman–Crippen MR) is 74.3 cm³/mol. The van der Waals surface area contributed by atoms with E-state index in [0.29, 0.717) is 0 Å². The highest BCUT2D eigenvalue weighted by molar-refractivity contribution is 5.43. The molecule has 0 saturated heterocycles. The van der Waals surface area contributed by atoms with Crippen molar-refractivity contribution in [2.45, 2.75) is 44.1 Å². The number of aromatic nitrogens is 2. The van der Waals surface area contributed by atoms with Crippen LogP contribution in [-0.2, 0) is 0 Å². The van der Waals surface area contributed by atoms with Crippen molar-refractivity contribution in [2.75, 3.05) is 10.7 Å². The van der Waals surface area contributed by atoms with Crippen LogP contribution >= 0.6 is 0 Å². The van der Waals surface area contributed by atoms with E-state index in [1.807, 2.05) is 0 Å². The molecule has 1 aromatic rings. The van der Waals surface area contributed by atoms with Crippen LogP contribution in [0.4, 0.5) is 16.2 Å². The van der Waals surface area contributed by atoms with Crippen LogP contribution in [0.15, 0.2) is 6.20 Å². The highest BCUT2D eigenvalue weighted by Gasteiger charge is 2.51. The SMILES string of the molecule is NNc1ncc(F)c(NC23CC4CC(CC(C4)C2)C3)n1. The summed E-state index contributed by atoms with van der Waals surface area (Å²) >= 11 is 0. The molecule has 6 heteroatoms. The molecule has 4 fully saturated rings. The molecule has 0 aromatic carbocycles. The van der Waals surface area contributed by atoms with Crippen molar-refractivity contribution < 1.29 is 4.39 Å². The maximum absolute atomic E-state index is 13.9. The second kappa shape index (κ2) is 4.28. The Hall–Kier alpha value is -1.43. The zero-order valence-corrected chi connectivity index (χ0v) is 11.4. The molecule has 0 radical (unpaired) electrons. The van der Waals surface area contributed by atoms with Crippen LogP contribution in [0.2, 0.25) is 0 Å². The Balaban J connectivity index is 1.62. The average molecular weight is 277 g/mol. The molecule has 108 valence electrons. The van der Waals surface area contributed by atoms with Gasteiger partial charge in [0.2, 0.25) is 5.95 Å². The quantitative estimate of drug-likeness (QED) is 0.584. The van der Waals surface area contributed by atoms with E-state index >= 15 is 0 Å². The minimum atomic E-state index is -0.403. The molecule has 1 heterocycles. The van der Waals surface area contributed by atoms with E-state index in [1.165, 1.54) is 25.5 Å². The third-order valence-corrected chi connectivity index (χ3v) is 5.30. The Morgan fingerprint density at radius 2 is 1.75 bits per heavy atom. The number of hydrazine groups is 1. The number of nitrogens with two attached hydrogens (primary N) is 1. The Kier molecular flexibility index (Phi) is 2.64. The van der Waals surface area contributed by atoms with Gasteiger partial charge in [-0.05, 0) is 56.3 Å². The summed E-state index contributed by atoms with van der Waals surface area (Å²) < 4.78 is 13.9. The molecular formula is C14H20FN5. The van der Waals surface area contributed by atoms with Crippen molar-refractivity contribution in [3.63, 3.8) is 0 Å². The summed E-state index contributed by atoms with van der Waals surface area (Å²) in [5, 5.41) is 3.41. The van der Waals surface area contributed by atoms with E-state index in [0.717, 1.165) is 37.0 Å². The maximum Gasteiger partial charge on any atom is 0.239 e. The van der Waals surface area contributed by atoms with Gasteiger partial charge >= 0.3 is 0 Å². The molecule has 5 rings (SSSR count). The largest absolute Gasteiger partial charge is 0.362 e. The molecule has 0 unspecified atom stereocenters. The van der Waals surface area contributed by atoms with Crippen molar-refractivity contribution in [2.24, 2.45) is 23.6 Å². The summed E-state index contributed by atoms with van der Waals surface area (Å²) in [6.07, 6.45) is 8.70. The summed E-state index contributed by atoms with van der Waals surface area (Å²) in [4.78, 5) is 7.92. The van der Waals surface area contributed by atoms with Gasteiger partial charge in [0.25, 0.3) is 0 Å². The summed E-state index contributed by atoms with van der Waals surface area (Å²) in [5.74, 6) is 7.87. The molecular weight excluding hydrogens is 257 g/mol. The molecule has 1 aromatic heterocycles. The Bertz CT molecular complexity index is 497. The monoisotopic (exact) mass is 277 g/mol. The first-order valence-corrected chi connectivity index (χ1v) is 7.43. The van der Waals surface area contributed by atoms with Crippen molar-refractivity contribution in [3.8, 4) is 0 Å². The van der Waals surface area contributed by atoms with Crippen LogP contribution in [-0.4, -0.2) is 15.5 Å². The minimum absolute atomic E-state index is 0.0375. The number of nitrogen functional groups attached to an aromatic ring is 1. The fraction of sp³-hybridized carbons (Fsp3) is 0.714. The van der Waals surface area contributed by atoms with E-state index in [9.17, 15) is 4.39 Å². The number of hydrogen-bond donors (Lipinski definition) is 3. The lowest BCUT2D eigenvalue weighted by Crippen LogP contribution is -2.55. The normalized spacial score (nSPS) is 38.0. The van der Waals surface area contributed by atoms with Gasteiger partial charge in [0, 0.05) is 5.54 Å². The fourth-order valence-electron chi connectivity index (χ4n) is 5.04. The van der Waals surface area contributed by atoms with E-state index < -0.39 is 5.82 Å². The topological polar surface area (TPSA) is 75.9 Å². The van der Waals surface area contributed by atoms with Gasteiger partial charge < -0.3 is 5.32 Å². The van der Waals surface area contributed by atoms with Crippen molar-refractivity contribution in [3.05, 3.63) is 12.0 Å². The van der Waals surface area contributed by atoms with Crippen LogP contribution in [0.5, 0.6) is 0 Å². The van der Waals surface area contributed by atoms with Gasteiger partial charge in [0.15, 0.2) is 11.6 Å². The lowest BCUT2D eigenvalue weighted by atomic mass is 9.53. The van der Waals surface area contributed by atoms with Gasteiger partial charge in [0.05, 0.1) is 6.20 Å². The van der Waals surface area contributed by atoms with Crippen molar-refractivity contribution >= 4 is 11.8 Å². The van der Waals surface area contributed by atoms with Crippen molar-refractivity contribution in [1.29, 1.82) is 0 Å². The second-order valence-electron chi connectivity index (χ2n) is 6.86. The lowest BCUT2D eigenvalue weighted by molar-refractivity contribution is 0.0104. The first kappa shape index (κ1) is 12.3. The number of hydrogen-bond acceptors (Lipinski definition) is 5. The van der Waals surface area contributed by atoms with Gasteiger partial charge in [0.1, 0.15) is 0 Å². The highest BCUT2D eigenvalue weighted by atomic mass is 19.1. The zero-order valence-electron chi connectivity index (χ0n) is 11.4. The van der Waals surface area contributed by atoms with Crippen LogP contribution in [0.3, 0.4) is 0 Å². The molecule has 4 saturated carbocycles. The van der Waals surface area contributed by atoms with Crippen molar-refractivity contribution in [1.82, 2.24) is 9.97 Å². The third kappa shape index (κ3) is 1.93. The molecule has 0 spiro atoms. The number of nitrogens with one attached hydrogen (secondary N) is 2. The van der Waals surface area contributed by atoms with Gasteiger partial charge in [-0.15, -0.1) is 0 Å². The van der Waals surface area contributed by atoms with E-state index in [2.05, 4.69) is 20.7 Å². The average Bonchev–Trinajstić information content (AvgIpc) is 2.39. The first-order valence-electron chi connectivity index (χ1n) is 7.43. The van der Waals surface area contributed by atoms with Crippen LogP contribution in [0.25, 0.3) is 0 Å². The smallest absolute Gasteiger partial charge is 0.239 e. The summed E-state index contributed by atoms with van der Waals surface area (Å²) in [6.45, 7) is 0. The van der Waals surface area contributed by atoms with E-state index in [4.69, 9.17) is 5.84 Å². The molecule has 0 amide bonds. The second-order valence-corrected chi connectivity index (χ2v) is 6.86. The van der Waals surface area contributed by atoms with Gasteiger partial charge in [-0.25, -0.2) is 15.2 Å². The van der Waals surface area contributed by atoms with E-state index in [1.54, 1.807) is 0 Å². The first-order chi connectivity index (χ1) is 9.66. The van der Waals surface area contributed by atoms with E-state index in [-0.39, 0.29) is 17.3 Å². The molecule has 4 aliphatic rings. The van der Waals surface area contributed by atoms with Gasteiger partial charge in [-0.2, -0.15) is 4.98 Å². The van der Waals surface area contributed by atoms with Crippen LogP contribution < -0.4 is 16.6 Å². The predicted octanol–water partition coefficient (Wildman–Crippen LogP) is 2.28. The number of nitrogens with zero attached hydrogens (tertiary/aromatic N) is 2. The standard InChI is InChI=1S/C14H20FN5/c15-11-7-17-13(20-16)18-12(11)19-14-4-8-1-9(5-14)3-10(2-8)6-14/h7-10H,1-6,16H2,(H2,17,18,19,20). The molecule has 4 N–H and O–H groups in total. The number of halogens is 1.